The fourth-order valence-electron chi connectivity index (χ4n) is 1.89. The minimum Gasteiger partial charge on any atom is -0.475 e. The molecule has 2 N–H and O–H groups in total. The lowest BCUT2D eigenvalue weighted by Crippen LogP contribution is -2.13. The summed E-state index contributed by atoms with van der Waals surface area (Å²) in [7, 11) is 0. The SMILES string of the molecule is CC(C)(C)c1ccc2[nH]cc(C(=O)C(=O)O)c2c1. The number of carboxylic acids is 1. The van der Waals surface area contributed by atoms with Crippen LogP contribution in [0.5, 0.6) is 0 Å². The number of ketones is 1. The van der Waals surface area contributed by atoms with Crippen molar-refractivity contribution in [1.29, 1.82) is 0 Å². The van der Waals surface area contributed by atoms with Crippen molar-refractivity contribution in [3.63, 3.8) is 0 Å². The van der Waals surface area contributed by atoms with Crippen LogP contribution in [0.15, 0.2) is 24.4 Å². The molecule has 0 aliphatic carbocycles. The van der Waals surface area contributed by atoms with E-state index in [1.165, 1.54) is 6.20 Å². The number of hydrogen-bond donors (Lipinski definition) is 2. The quantitative estimate of drug-likeness (QED) is 0.631. The van der Waals surface area contributed by atoms with E-state index in [0.717, 1.165) is 11.1 Å². The Morgan fingerprint density at radius 1 is 1.22 bits per heavy atom. The van der Waals surface area contributed by atoms with Crippen molar-refractivity contribution in [2.75, 3.05) is 0 Å². The number of fused-ring (bicyclic) bond motifs is 1. The van der Waals surface area contributed by atoms with Gasteiger partial charge in [0, 0.05) is 17.1 Å². The molecule has 0 bridgehead atoms. The number of rotatable bonds is 2. The highest BCUT2D eigenvalue weighted by molar-refractivity contribution is 6.42. The molecule has 0 unspecified atom stereocenters. The highest BCUT2D eigenvalue weighted by Gasteiger charge is 2.21. The first-order valence-electron chi connectivity index (χ1n) is 5.70. The highest BCUT2D eigenvalue weighted by atomic mass is 16.4. The van der Waals surface area contributed by atoms with Gasteiger partial charge in [0.2, 0.25) is 0 Å². The highest BCUT2D eigenvalue weighted by Crippen LogP contribution is 2.27. The summed E-state index contributed by atoms with van der Waals surface area (Å²) >= 11 is 0. The second-order valence-corrected chi connectivity index (χ2v) is 5.35. The van der Waals surface area contributed by atoms with Gasteiger partial charge in [-0.2, -0.15) is 0 Å². The number of Topliss-reactive ketones (excluding diaryl/α,β-unsaturated/α-hetero) is 1. The number of carbonyl (C=O) groups is 2. The summed E-state index contributed by atoms with van der Waals surface area (Å²) in [5.41, 5.74) is 2.00. The van der Waals surface area contributed by atoms with Crippen molar-refractivity contribution in [2.24, 2.45) is 0 Å². The maximum absolute atomic E-state index is 11.6. The van der Waals surface area contributed by atoms with Crippen molar-refractivity contribution >= 4 is 22.7 Å². The summed E-state index contributed by atoms with van der Waals surface area (Å²) < 4.78 is 0. The maximum Gasteiger partial charge on any atom is 0.377 e. The Kier molecular flexibility index (Phi) is 2.73. The van der Waals surface area contributed by atoms with Crippen LogP contribution >= 0.6 is 0 Å². The van der Waals surface area contributed by atoms with Crippen molar-refractivity contribution in [2.45, 2.75) is 26.2 Å². The van der Waals surface area contributed by atoms with E-state index in [1.54, 1.807) is 0 Å². The number of nitrogens with one attached hydrogen (secondary N) is 1. The Morgan fingerprint density at radius 3 is 2.44 bits per heavy atom. The number of H-pyrrole nitrogens is 1. The van der Waals surface area contributed by atoms with Crippen LogP contribution in [0.3, 0.4) is 0 Å². The van der Waals surface area contributed by atoms with E-state index in [0.29, 0.717) is 5.39 Å². The molecule has 0 amide bonds. The Balaban J connectivity index is 2.64. The molecule has 1 aromatic heterocycles. The average molecular weight is 245 g/mol. The first-order chi connectivity index (χ1) is 8.30. The van der Waals surface area contributed by atoms with Crippen LogP contribution < -0.4 is 0 Å². The summed E-state index contributed by atoms with van der Waals surface area (Å²) in [5, 5.41) is 9.44. The average Bonchev–Trinajstić information content (AvgIpc) is 2.69. The van der Waals surface area contributed by atoms with E-state index in [9.17, 15) is 9.59 Å². The number of aliphatic carboxylic acids is 1. The van der Waals surface area contributed by atoms with Gasteiger partial charge in [-0.3, -0.25) is 4.79 Å². The van der Waals surface area contributed by atoms with E-state index < -0.39 is 11.8 Å². The summed E-state index contributed by atoms with van der Waals surface area (Å²) in [6.07, 6.45) is 1.45. The normalized spacial score (nSPS) is 11.7. The number of aromatic nitrogens is 1. The molecule has 4 heteroatoms. The lowest BCUT2D eigenvalue weighted by molar-refractivity contribution is -0.131. The van der Waals surface area contributed by atoms with Crippen molar-refractivity contribution in [1.82, 2.24) is 4.98 Å². The Labute approximate surface area is 105 Å². The second kappa shape index (κ2) is 3.98. The maximum atomic E-state index is 11.6. The third kappa shape index (κ3) is 2.01. The van der Waals surface area contributed by atoms with Gasteiger partial charge in [0.05, 0.1) is 5.56 Å². The number of carbonyl (C=O) groups excluding carboxylic acids is 1. The molecule has 0 saturated heterocycles. The molecule has 2 rings (SSSR count). The number of aromatic amines is 1. The van der Waals surface area contributed by atoms with Gasteiger partial charge in [-0.05, 0) is 23.1 Å². The lowest BCUT2D eigenvalue weighted by Gasteiger charge is -2.19. The van der Waals surface area contributed by atoms with Gasteiger partial charge in [0.25, 0.3) is 5.78 Å². The van der Waals surface area contributed by atoms with Gasteiger partial charge in [-0.1, -0.05) is 26.8 Å². The van der Waals surface area contributed by atoms with Crippen LogP contribution in [0.25, 0.3) is 10.9 Å². The van der Waals surface area contributed by atoms with Gasteiger partial charge < -0.3 is 10.1 Å². The molecule has 0 fully saturated rings. The Morgan fingerprint density at radius 2 is 1.89 bits per heavy atom. The van der Waals surface area contributed by atoms with E-state index in [-0.39, 0.29) is 11.0 Å². The van der Waals surface area contributed by atoms with Gasteiger partial charge in [0.15, 0.2) is 0 Å². The van der Waals surface area contributed by atoms with E-state index >= 15 is 0 Å². The largest absolute Gasteiger partial charge is 0.475 e. The molecule has 0 radical (unpaired) electrons. The molecular weight excluding hydrogens is 230 g/mol. The topological polar surface area (TPSA) is 70.2 Å². The van der Waals surface area contributed by atoms with Crippen LogP contribution in [0, 0.1) is 0 Å². The molecule has 0 saturated carbocycles. The van der Waals surface area contributed by atoms with Gasteiger partial charge in [0.1, 0.15) is 0 Å². The molecular formula is C14H15NO3. The molecule has 0 aliphatic heterocycles. The number of carboxylic acid groups (broad SMARTS) is 1. The molecule has 2 aromatic rings. The van der Waals surface area contributed by atoms with Gasteiger partial charge in [-0.15, -0.1) is 0 Å². The summed E-state index contributed by atoms with van der Waals surface area (Å²) in [4.78, 5) is 25.2. The molecule has 1 heterocycles. The Bertz CT molecular complexity index is 632. The second-order valence-electron chi connectivity index (χ2n) is 5.35. The fraction of sp³-hybridized carbons (Fsp3) is 0.286. The number of hydrogen-bond acceptors (Lipinski definition) is 2. The first kappa shape index (κ1) is 12.4. The fourth-order valence-corrected chi connectivity index (χ4v) is 1.89. The molecule has 0 aliphatic rings. The Hall–Kier alpha value is -2.10. The van der Waals surface area contributed by atoms with Crippen LogP contribution in [0.4, 0.5) is 0 Å². The third-order valence-corrected chi connectivity index (χ3v) is 2.99. The predicted molar refractivity (Wildman–Crippen MR) is 69.0 cm³/mol. The van der Waals surface area contributed by atoms with Crippen LogP contribution in [0.2, 0.25) is 0 Å². The molecule has 1 aromatic carbocycles. The van der Waals surface area contributed by atoms with Gasteiger partial charge in [-0.25, -0.2) is 4.79 Å². The van der Waals surface area contributed by atoms with Crippen LogP contribution in [-0.4, -0.2) is 21.8 Å². The molecule has 0 atom stereocenters. The van der Waals surface area contributed by atoms with Crippen LogP contribution in [0.1, 0.15) is 36.7 Å². The molecule has 18 heavy (non-hydrogen) atoms. The standard InChI is InChI=1S/C14H15NO3/c1-14(2,3)8-4-5-11-9(6-8)10(7-15-11)12(16)13(17)18/h4-7,15H,1-3H3,(H,17,18). The minimum absolute atomic E-state index is 0.0466. The van der Waals surface area contributed by atoms with Crippen molar-refractivity contribution in [3.05, 3.63) is 35.5 Å². The summed E-state index contributed by atoms with van der Waals surface area (Å²) in [5.74, 6) is -2.32. The molecule has 94 valence electrons. The minimum atomic E-state index is -1.43. The number of benzene rings is 1. The van der Waals surface area contributed by atoms with E-state index in [1.807, 2.05) is 18.2 Å². The predicted octanol–water partition coefficient (Wildman–Crippen LogP) is 2.73. The molecule has 0 spiro atoms. The monoisotopic (exact) mass is 245 g/mol. The van der Waals surface area contributed by atoms with Crippen molar-refractivity contribution in [3.8, 4) is 0 Å². The third-order valence-electron chi connectivity index (χ3n) is 2.99. The zero-order chi connectivity index (χ0) is 13.5. The van der Waals surface area contributed by atoms with E-state index in [4.69, 9.17) is 5.11 Å². The molecule has 4 nitrogen and oxygen atoms in total. The smallest absolute Gasteiger partial charge is 0.377 e. The zero-order valence-electron chi connectivity index (χ0n) is 10.6. The summed E-state index contributed by atoms with van der Waals surface area (Å²) in [6, 6.07) is 5.73. The van der Waals surface area contributed by atoms with Crippen molar-refractivity contribution < 1.29 is 14.7 Å². The lowest BCUT2D eigenvalue weighted by atomic mass is 9.86. The van der Waals surface area contributed by atoms with E-state index in [2.05, 4.69) is 25.8 Å². The van der Waals surface area contributed by atoms with Crippen LogP contribution in [-0.2, 0) is 10.2 Å². The summed E-state index contributed by atoms with van der Waals surface area (Å²) in [6.45, 7) is 6.21. The first-order valence-corrected chi connectivity index (χ1v) is 5.70. The van der Waals surface area contributed by atoms with Gasteiger partial charge >= 0.3 is 5.97 Å². The zero-order valence-corrected chi connectivity index (χ0v) is 10.6.